The van der Waals surface area contributed by atoms with Crippen molar-refractivity contribution < 1.29 is 14.4 Å². The van der Waals surface area contributed by atoms with Crippen LogP contribution >= 0.6 is 0 Å². The van der Waals surface area contributed by atoms with Crippen LogP contribution in [-0.4, -0.2) is 23.0 Å². The monoisotopic (exact) mass is 281 g/mol. The van der Waals surface area contributed by atoms with Crippen LogP contribution < -0.4 is 5.32 Å². The van der Waals surface area contributed by atoms with Crippen LogP contribution in [0.3, 0.4) is 0 Å². The smallest absolute Gasteiger partial charge is 0.244 e. The summed E-state index contributed by atoms with van der Waals surface area (Å²) in [4.78, 5) is 34.0. The second-order valence-electron chi connectivity index (χ2n) is 5.71. The Labute approximate surface area is 122 Å². The van der Waals surface area contributed by atoms with Crippen molar-refractivity contribution in [3.63, 3.8) is 0 Å². The highest BCUT2D eigenvalue weighted by Crippen LogP contribution is 2.13. The minimum atomic E-state index is -0.833. The van der Waals surface area contributed by atoms with Crippen LogP contribution in [0.1, 0.15) is 65.7 Å². The molecule has 4 heteroatoms. The molecule has 0 aromatic rings. The molecule has 0 bridgehead atoms. The van der Waals surface area contributed by atoms with Gasteiger partial charge in [0, 0.05) is 12.8 Å². The first-order valence-corrected chi connectivity index (χ1v) is 7.27. The van der Waals surface area contributed by atoms with Crippen LogP contribution in [-0.2, 0) is 14.4 Å². The van der Waals surface area contributed by atoms with E-state index >= 15 is 0 Å². The van der Waals surface area contributed by atoms with Crippen molar-refractivity contribution in [1.82, 2.24) is 5.32 Å². The molecule has 4 nitrogen and oxygen atoms in total. The van der Waals surface area contributed by atoms with E-state index in [1.807, 2.05) is 0 Å². The van der Waals surface area contributed by atoms with Crippen LogP contribution in [0.25, 0.3) is 0 Å². The van der Waals surface area contributed by atoms with E-state index in [0.29, 0.717) is 12.8 Å². The number of amides is 1. The molecule has 1 amide bonds. The summed E-state index contributed by atoms with van der Waals surface area (Å²) in [5, 5.41) is 2.64. The van der Waals surface area contributed by atoms with E-state index in [1.165, 1.54) is 6.08 Å². The number of carbonyl (C=O) groups is 3. The Morgan fingerprint density at radius 1 is 1.00 bits per heavy atom. The number of ketones is 2. The number of carbonyl (C=O) groups excluding carboxylic acids is 3. The molecular weight excluding hydrogens is 254 g/mol. The van der Waals surface area contributed by atoms with E-state index in [9.17, 15) is 14.4 Å². The molecule has 0 aliphatic carbocycles. The van der Waals surface area contributed by atoms with E-state index in [4.69, 9.17) is 0 Å². The van der Waals surface area contributed by atoms with Gasteiger partial charge in [0.1, 0.15) is 5.78 Å². The molecule has 0 atom stereocenters. The first-order chi connectivity index (χ1) is 9.29. The molecule has 114 valence electrons. The third-order valence-electron chi connectivity index (χ3n) is 3.25. The van der Waals surface area contributed by atoms with Crippen molar-refractivity contribution in [1.29, 1.82) is 0 Å². The summed E-state index contributed by atoms with van der Waals surface area (Å²) < 4.78 is 0. The number of Topliss-reactive ketones (excluding diaryl/α,β-unsaturated/α-hetero) is 2. The van der Waals surface area contributed by atoms with Gasteiger partial charge in [0.15, 0.2) is 5.78 Å². The molecule has 0 aliphatic rings. The van der Waals surface area contributed by atoms with Crippen molar-refractivity contribution >= 4 is 17.5 Å². The van der Waals surface area contributed by atoms with Gasteiger partial charge in [-0.15, -0.1) is 0 Å². The molecule has 1 N–H and O–H groups in total. The van der Waals surface area contributed by atoms with E-state index in [0.717, 1.165) is 32.1 Å². The van der Waals surface area contributed by atoms with Gasteiger partial charge >= 0.3 is 0 Å². The van der Waals surface area contributed by atoms with Gasteiger partial charge in [0.25, 0.3) is 0 Å². The van der Waals surface area contributed by atoms with Crippen molar-refractivity contribution in [2.75, 3.05) is 0 Å². The van der Waals surface area contributed by atoms with Crippen LogP contribution in [0.2, 0.25) is 0 Å². The van der Waals surface area contributed by atoms with Crippen LogP contribution in [0.5, 0.6) is 0 Å². The summed E-state index contributed by atoms with van der Waals surface area (Å²) >= 11 is 0. The molecule has 0 heterocycles. The Morgan fingerprint density at radius 3 is 2.00 bits per heavy atom. The SMILES string of the molecule is C=CC(=O)NC(C)(C)C(=O)CCCCCCCC(C)=O. The van der Waals surface area contributed by atoms with Crippen LogP contribution in [0, 0.1) is 0 Å². The third-order valence-corrected chi connectivity index (χ3v) is 3.25. The lowest BCUT2D eigenvalue weighted by Gasteiger charge is -2.24. The zero-order valence-corrected chi connectivity index (χ0v) is 13.0. The standard InChI is InChI=1S/C16H27NO3/c1-5-15(20)17-16(3,4)14(19)12-10-8-6-7-9-11-13(2)18/h5H,1,6-12H2,2-4H3,(H,17,20). The average molecular weight is 281 g/mol. The molecular formula is C16H27NO3. The van der Waals surface area contributed by atoms with Crippen LogP contribution in [0.4, 0.5) is 0 Å². The number of rotatable bonds is 11. The third kappa shape index (κ3) is 8.62. The summed E-state index contributed by atoms with van der Waals surface area (Å²) in [6.07, 6.45) is 7.11. The predicted molar refractivity (Wildman–Crippen MR) is 80.4 cm³/mol. The maximum atomic E-state index is 12.0. The predicted octanol–water partition coefficient (Wildman–Crippen LogP) is 2.96. The molecule has 0 rings (SSSR count). The summed E-state index contributed by atoms with van der Waals surface area (Å²) in [5.41, 5.74) is -0.833. The van der Waals surface area contributed by atoms with Crippen molar-refractivity contribution in [2.24, 2.45) is 0 Å². The first-order valence-electron chi connectivity index (χ1n) is 7.27. The molecule has 0 saturated carbocycles. The summed E-state index contributed by atoms with van der Waals surface area (Å²) in [7, 11) is 0. The number of nitrogens with one attached hydrogen (secondary N) is 1. The largest absolute Gasteiger partial charge is 0.341 e. The van der Waals surface area contributed by atoms with Gasteiger partial charge in [-0.05, 0) is 39.7 Å². The summed E-state index contributed by atoms with van der Waals surface area (Å²) in [5.74, 6) is -0.0519. The van der Waals surface area contributed by atoms with Gasteiger partial charge in [-0.3, -0.25) is 9.59 Å². The lowest BCUT2D eigenvalue weighted by molar-refractivity contribution is -0.129. The highest BCUT2D eigenvalue weighted by molar-refractivity contribution is 5.95. The van der Waals surface area contributed by atoms with Gasteiger partial charge in [0.2, 0.25) is 5.91 Å². The van der Waals surface area contributed by atoms with Crippen molar-refractivity contribution in [2.45, 2.75) is 71.3 Å². The van der Waals surface area contributed by atoms with Gasteiger partial charge < -0.3 is 10.1 Å². The van der Waals surface area contributed by atoms with Crippen LogP contribution in [0.15, 0.2) is 12.7 Å². The van der Waals surface area contributed by atoms with Gasteiger partial charge in [-0.25, -0.2) is 0 Å². The second kappa shape index (κ2) is 9.45. The molecule has 0 unspecified atom stereocenters. The molecule has 0 aliphatic heterocycles. The second-order valence-corrected chi connectivity index (χ2v) is 5.71. The molecule has 20 heavy (non-hydrogen) atoms. The summed E-state index contributed by atoms with van der Waals surface area (Å²) in [6.45, 7) is 8.41. The van der Waals surface area contributed by atoms with E-state index < -0.39 is 5.54 Å². The highest BCUT2D eigenvalue weighted by Gasteiger charge is 2.27. The quantitative estimate of drug-likeness (QED) is 0.468. The topological polar surface area (TPSA) is 63.2 Å². The van der Waals surface area contributed by atoms with Crippen molar-refractivity contribution in [3.8, 4) is 0 Å². The van der Waals surface area contributed by atoms with Crippen molar-refractivity contribution in [3.05, 3.63) is 12.7 Å². The molecule has 0 saturated heterocycles. The minimum Gasteiger partial charge on any atom is -0.341 e. The van der Waals surface area contributed by atoms with E-state index in [-0.39, 0.29) is 17.5 Å². The Bertz CT molecular complexity index is 359. The fourth-order valence-electron chi connectivity index (χ4n) is 1.93. The maximum absolute atomic E-state index is 12.0. The Kier molecular flexibility index (Phi) is 8.77. The fourth-order valence-corrected chi connectivity index (χ4v) is 1.93. The molecule has 0 fully saturated rings. The zero-order valence-electron chi connectivity index (χ0n) is 13.0. The van der Waals surface area contributed by atoms with Gasteiger partial charge in [-0.2, -0.15) is 0 Å². The normalized spacial score (nSPS) is 10.9. The molecule has 0 radical (unpaired) electrons. The number of hydrogen-bond donors (Lipinski definition) is 1. The zero-order chi connectivity index (χ0) is 15.6. The Hall–Kier alpha value is -1.45. The fraction of sp³-hybridized carbons (Fsp3) is 0.688. The lowest BCUT2D eigenvalue weighted by Crippen LogP contribution is -2.49. The maximum Gasteiger partial charge on any atom is 0.244 e. The molecule has 0 aromatic heterocycles. The lowest BCUT2D eigenvalue weighted by atomic mass is 9.94. The Morgan fingerprint density at radius 2 is 1.50 bits per heavy atom. The number of hydrogen-bond acceptors (Lipinski definition) is 3. The Balaban J connectivity index is 3.79. The minimum absolute atomic E-state index is 0.0384. The summed E-state index contributed by atoms with van der Waals surface area (Å²) in [6, 6.07) is 0. The van der Waals surface area contributed by atoms with E-state index in [2.05, 4.69) is 11.9 Å². The first kappa shape index (κ1) is 18.6. The molecule has 0 aromatic carbocycles. The van der Waals surface area contributed by atoms with E-state index in [1.54, 1.807) is 20.8 Å². The molecule has 0 spiro atoms. The average Bonchev–Trinajstić information content (AvgIpc) is 2.36. The highest BCUT2D eigenvalue weighted by atomic mass is 16.2. The van der Waals surface area contributed by atoms with Gasteiger partial charge in [0.05, 0.1) is 5.54 Å². The number of unbranched alkanes of at least 4 members (excludes halogenated alkanes) is 4. The van der Waals surface area contributed by atoms with Gasteiger partial charge in [-0.1, -0.05) is 25.8 Å².